The van der Waals surface area contributed by atoms with Crippen LogP contribution < -0.4 is 15.8 Å². The Morgan fingerprint density at radius 1 is 1.44 bits per heavy atom. The number of benzene rings is 1. The first kappa shape index (κ1) is 20.4. The molecule has 3 atom stereocenters. The Hall–Kier alpha value is -1.34. The number of aliphatic hydroxyl groups is 1. The molecule has 0 unspecified atom stereocenters. The van der Waals surface area contributed by atoms with Crippen molar-refractivity contribution in [1.82, 2.24) is 10.2 Å². The quantitative estimate of drug-likeness (QED) is 0.687. The Kier molecular flexibility index (Phi) is 6.98. The number of fused-ring (bicyclic) bond motifs is 1. The fourth-order valence-electron chi connectivity index (χ4n) is 3.84. The van der Waals surface area contributed by atoms with Gasteiger partial charge in [-0.2, -0.15) is 0 Å². The molecule has 150 valence electrons. The minimum atomic E-state index is -0.422. The van der Waals surface area contributed by atoms with Gasteiger partial charge in [0.1, 0.15) is 12.0 Å². The highest BCUT2D eigenvalue weighted by molar-refractivity contribution is 6.31. The van der Waals surface area contributed by atoms with Gasteiger partial charge >= 0.3 is 0 Å². The summed E-state index contributed by atoms with van der Waals surface area (Å²) in [5.74, 6) is 0.360. The Balaban J connectivity index is 1.60. The number of ether oxygens (including phenoxy) is 1. The van der Waals surface area contributed by atoms with Crippen LogP contribution in [0.3, 0.4) is 0 Å². The largest absolute Gasteiger partial charge is 0.474 e. The lowest BCUT2D eigenvalue weighted by Crippen LogP contribution is -2.47. The van der Waals surface area contributed by atoms with Crippen LogP contribution in [0.4, 0.5) is 0 Å². The molecular weight excluding hydrogens is 366 g/mol. The van der Waals surface area contributed by atoms with Crippen LogP contribution in [0.1, 0.15) is 48.5 Å². The number of aryl methyl sites for hydroxylation is 1. The van der Waals surface area contributed by atoms with Crippen LogP contribution in [0, 0.1) is 5.92 Å². The van der Waals surface area contributed by atoms with Gasteiger partial charge < -0.3 is 20.1 Å². The molecule has 0 radical (unpaired) electrons. The number of hydrogen-bond acceptors (Lipinski definition) is 5. The normalized spacial score (nSPS) is 25.6. The monoisotopic (exact) mass is 395 g/mol. The molecule has 7 heteroatoms. The summed E-state index contributed by atoms with van der Waals surface area (Å²) in [6.07, 6.45) is 3.80. The summed E-state index contributed by atoms with van der Waals surface area (Å²) >= 11 is 6.18. The number of nitrogens with two attached hydrogens (primary N) is 1. The topological polar surface area (TPSA) is 87.8 Å². The van der Waals surface area contributed by atoms with Crippen molar-refractivity contribution in [2.24, 2.45) is 11.7 Å². The van der Waals surface area contributed by atoms with Gasteiger partial charge in [-0.3, -0.25) is 10.5 Å². The lowest BCUT2D eigenvalue weighted by Gasteiger charge is -2.36. The molecule has 2 aliphatic heterocycles. The molecule has 2 heterocycles. The highest BCUT2D eigenvalue weighted by atomic mass is 35.5. The third-order valence-electron chi connectivity index (χ3n) is 5.50. The number of nitrogens with zero attached hydrogens (tertiary/aromatic N) is 1. The molecule has 1 saturated heterocycles. The molecule has 6 nitrogen and oxygen atoms in total. The average molecular weight is 396 g/mol. The third-order valence-corrected chi connectivity index (χ3v) is 5.72. The molecule has 1 aromatic carbocycles. The summed E-state index contributed by atoms with van der Waals surface area (Å²) in [6.45, 7) is 5.27. The summed E-state index contributed by atoms with van der Waals surface area (Å²) in [7, 11) is 0. The third kappa shape index (κ3) is 5.13. The van der Waals surface area contributed by atoms with Crippen molar-refractivity contribution in [1.29, 1.82) is 0 Å². The summed E-state index contributed by atoms with van der Waals surface area (Å²) in [4.78, 5) is 15.0. The number of carbonyl (C=O) groups is 1. The Labute approximate surface area is 166 Å². The Morgan fingerprint density at radius 2 is 2.26 bits per heavy atom. The van der Waals surface area contributed by atoms with E-state index in [1.807, 2.05) is 6.07 Å². The van der Waals surface area contributed by atoms with Gasteiger partial charge in [-0.1, -0.05) is 24.9 Å². The number of piperidine rings is 1. The molecule has 27 heavy (non-hydrogen) atoms. The number of hydrogen-bond donors (Lipinski definition) is 3. The number of likely N-dealkylation sites (tertiary alicyclic amines) is 1. The smallest absolute Gasteiger partial charge is 0.255 e. The van der Waals surface area contributed by atoms with Gasteiger partial charge in [0.2, 0.25) is 0 Å². The minimum Gasteiger partial charge on any atom is -0.474 e. The number of amides is 1. The number of aliphatic hydroxyl groups excluding tert-OH is 1. The van der Waals surface area contributed by atoms with Crippen molar-refractivity contribution in [3.8, 4) is 5.75 Å². The van der Waals surface area contributed by atoms with Crippen molar-refractivity contribution in [3.05, 3.63) is 28.3 Å². The maximum absolute atomic E-state index is 12.7. The summed E-state index contributed by atoms with van der Waals surface area (Å²) in [5, 5.41) is 13.9. The van der Waals surface area contributed by atoms with E-state index in [1.165, 1.54) is 0 Å². The van der Waals surface area contributed by atoms with E-state index >= 15 is 0 Å². The van der Waals surface area contributed by atoms with Gasteiger partial charge in [-0.15, -0.1) is 0 Å². The standard InChI is InChI=1S/C20H30ClN3O3/c1-2-3-7-24-8-6-14(17(25)12-24)11-23-20(26)16-10-15(21)9-13-4-5-18(22)27-19(13)16/h9-10,14,17-18,25H,2-8,11-12,22H2,1H3,(H,23,26)/t14-,17+,18+/m1/s1. The van der Waals surface area contributed by atoms with Crippen molar-refractivity contribution >= 4 is 17.5 Å². The predicted octanol–water partition coefficient (Wildman–Crippen LogP) is 2.16. The Morgan fingerprint density at radius 3 is 3.00 bits per heavy atom. The molecule has 4 N–H and O–H groups in total. The van der Waals surface area contributed by atoms with Gasteiger partial charge in [0.25, 0.3) is 5.91 Å². The zero-order valence-corrected chi connectivity index (χ0v) is 16.7. The lowest BCUT2D eigenvalue weighted by molar-refractivity contribution is 0.0217. The first-order valence-electron chi connectivity index (χ1n) is 9.91. The van der Waals surface area contributed by atoms with Gasteiger partial charge in [-0.25, -0.2) is 0 Å². The number of halogens is 1. The van der Waals surface area contributed by atoms with E-state index in [2.05, 4.69) is 17.1 Å². The summed E-state index contributed by atoms with van der Waals surface area (Å²) < 4.78 is 5.71. The molecule has 0 bridgehead atoms. The van der Waals surface area contributed by atoms with Crippen LogP contribution >= 0.6 is 11.6 Å². The molecule has 1 fully saturated rings. The van der Waals surface area contributed by atoms with Crippen molar-refractivity contribution in [2.45, 2.75) is 51.4 Å². The van der Waals surface area contributed by atoms with Crippen LogP contribution in [-0.2, 0) is 6.42 Å². The molecule has 1 amide bonds. The molecule has 0 spiro atoms. The van der Waals surface area contributed by atoms with E-state index in [4.69, 9.17) is 22.1 Å². The predicted molar refractivity (Wildman–Crippen MR) is 106 cm³/mol. The first-order valence-corrected chi connectivity index (χ1v) is 10.3. The fraction of sp³-hybridized carbons (Fsp3) is 0.650. The molecule has 0 aliphatic carbocycles. The molecule has 0 saturated carbocycles. The van der Waals surface area contributed by atoms with Crippen LogP contribution in [0.15, 0.2) is 12.1 Å². The van der Waals surface area contributed by atoms with Crippen molar-refractivity contribution in [2.75, 3.05) is 26.2 Å². The highest BCUT2D eigenvalue weighted by Gasteiger charge is 2.29. The van der Waals surface area contributed by atoms with Crippen LogP contribution in [-0.4, -0.2) is 54.4 Å². The second kappa shape index (κ2) is 9.24. The van der Waals surface area contributed by atoms with E-state index in [-0.39, 0.29) is 11.8 Å². The van der Waals surface area contributed by atoms with E-state index in [9.17, 15) is 9.90 Å². The zero-order chi connectivity index (χ0) is 19.4. The Bertz CT molecular complexity index is 670. The highest BCUT2D eigenvalue weighted by Crippen LogP contribution is 2.33. The molecule has 1 aromatic rings. The van der Waals surface area contributed by atoms with E-state index < -0.39 is 12.3 Å². The van der Waals surface area contributed by atoms with Crippen LogP contribution in [0.2, 0.25) is 5.02 Å². The summed E-state index contributed by atoms with van der Waals surface area (Å²) in [6, 6.07) is 3.45. The van der Waals surface area contributed by atoms with E-state index in [1.54, 1.807) is 6.07 Å². The number of carbonyl (C=O) groups excluding carboxylic acids is 1. The second-order valence-corrected chi connectivity index (χ2v) is 8.05. The van der Waals surface area contributed by atoms with Crippen molar-refractivity contribution < 1.29 is 14.6 Å². The SMILES string of the molecule is CCCCN1CC[C@H](CNC(=O)c2cc(Cl)cc3c2O[C@H](N)CC3)[C@@H](O)C1. The first-order chi connectivity index (χ1) is 13.0. The maximum atomic E-state index is 12.7. The maximum Gasteiger partial charge on any atom is 0.255 e. The van der Waals surface area contributed by atoms with Crippen LogP contribution in [0.25, 0.3) is 0 Å². The number of β-amino-alcohol motifs (C(OH)–C–C–N with tert-alkyl or cyclic N) is 1. The minimum absolute atomic E-state index is 0.0602. The fourth-order valence-corrected chi connectivity index (χ4v) is 4.08. The number of nitrogens with one attached hydrogen (secondary N) is 1. The number of unbranched alkanes of at least 4 members (excludes halogenated alkanes) is 1. The van der Waals surface area contributed by atoms with E-state index in [0.29, 0.717) is 35.8 Å². The lowest BCUT2D eigenvalue weighted by atomic mass is 9.93. The van der Waals surface area contributed by atoms with Gasteiger partial charge in [-0.05, 0) is 50.0 Å². The average Bonchev–Trinajstić information content (AvgIpc) is 2.65. The van der Waals surface area contributed by atoms with Gasteiger partial charge in [0, 0.05) is 30.5 Å². The van der Waals surface area contributed by atoms with Crippen molar-refractivity contribution in [3.63, 3.8) is 0 Å². The van der Waals surface area contributed by atoms with E-state index in [0.717, 1.165) is 44.3 Å². The van der Waals surface area contributed by atoms with Gasteiger partial charge in [0.15, 0.2) is 0 Å². The van der Waals surface area contributed by atoms with Crippen LogP contribution in [0.5, 0.6) is 5.75 Å². The molecule has 3 rings (SSSR count). The van der Waals surface area contributed by atoms with Gasteiger partial charge in [0.05, 0.1) is 11.7 Å². The number of rotatable bonds is 6. The summed E-state index contributed by atoms with van der Waals surface area (Å²) in [5.41, 5.74) is 7.22. The molecule has 2 aliphatic rings. The molecule has 0 aromatic heterocycles. The zero-order valence-electron chi connectivity index (χ0n) is 15.9. The molecular formula is C20H30ClN3O3. The second-order valence-electron chi connectivity index (χ2n) is 7.62.